The van der Waals surface area contributed by atoms with Crippen LogP contribution in [0.3, 0.4) is 0 Å². The van der Waals surface area contributed by atoms with Gasteiger partial charge in [0.2, 0.25) is 0 Å². The molecule has 0 saturated carbocycles. The minimum atomic E-state index is -0.406. The Hall–Kier alpha value is -2.04. The first-order valence-electron chi connectivity index (χ1n) is 8.51. The van der Waals surface area contributed by atoms with Crippen LogP contribution in [-0.4, -0.2) is 30.1 Å². The van der Waals surface area contributed by atoms with Crippen molar-refractivity contribution in [1.82, 2.24) is 0 Å². The van der Waals surface area contributed by atoms with Gasteiger partial charge in [0.05, 0.1) is 7.11 Å². The van der Waals surface area contributed by atoms with Crippen molar-refractivity contribution < 1.29 is 24.2 Å². The summed E-state index contributed by atoms with van der Waals surface area (Å²) in [4.78, 5) is 23.3. The van der Waals surface area contributed by atoms with Crippen molar-refractivity contribution in [3.8, 4) is 11.5 Å². The highest BCUT2D eigenvalue weighted by Gasteiger charge is 2.17. The number of carbonyl (C=O) groups excluding carboxylic acids is 2. The highest BCUT2D eigenvalue weighted by molar-refractivity contribution is 5.79. The third-order valence-electron chi connectivity index (χ3n) is 3.85. The Kier molecular flexibility index (Phi) is 8.90. The van der Waals surface area contributed by atoms with E-state index in [2.05, 4.69) is 6.92 Å². The number of phenols is 1. The third kappa shape index (κ3) is 7.49. The molecule has 0 spiro atoms. The van der Waals surface area contributed by atoms with Crippen LogP contribution in [0.5, 0.6) is 11.5 Å². The van der Waals surface area contributed by atoms with Crippen LogP contribution in [-0.2, 0) is 20.7 Å². The monoisotopic (exact) mass is 336 g/mol. The van der Waals surface area contributed by atoms with Crippen LogP contribution in [0, 0.1) is 0 Å². The Balaban J connectivity index is 2.59. The van der Waals surface area contributed by atoms with E-state index < -0.39 is 6.10 Å². The lowest BCUT2D eigenvalue weighted by Gasteiger charge is -2.17. The number of rotatable bonds is 11. The first-order valence-corrected chi connectivity index (χ1v) is 8.51. The van der Waals surface area contributed by atoms with Gasteiger partial charge in [0.15, 0.2) is 11.5 Å². The second kappa shape index (κ2) is 10.7. The summed E-state index contributed by atoms with van der Waals surface area (Å²) in [5.74, 6) is 0.263. The third-order valence-corrected chi connectivity index (χ3v) is 3.85. The van der Waals surface area contributed by atoms with Gasteiger partial charge in [-0.05, 0) is 37.0 Å². The molecule has 0 aromatic heterocycles. The number of ketones is 1. The average Bonchev–Trinajstić information content (AvgIpc) is 2.53. The second-order valence-corrected chi connectivity index (χ2v) is 5.98. The zero-order valence-electron chi connectivity index (χ0n) is 14.8. The molecule has 24 heavy (non-hydrogen) atoms. The molecule has 5 heteroatoms. The van der Waals surface area contributed by atoms with Gasteiger partial charge < -0.3 is 14.6 Å². The summed E-state index contributed by atoms with van der Waals surface area (Å²) >= 11 is 0. The van der Waals surface area contributed by atoms with E-state index >= 15 is 0 Å². The molecular formula is C19H28O5. The Bertz CT molecular complexity index is 539. The Morgan fingerprint density at radius 2 is 2.00 bits per heavy atom. The predicted molar refractivity (Wildman–Crippen MR) is 92.3 cm³/mol. The number of phenolic OH excluding ortho intramolecular Hbond substituents is 1. The lowest BCUT2D eigenvalue weighted by Crippen LogP contribution is -2.21. The number of methoxy groups -OCH3 is 1. The number of aromatic hydroxyl groups is 1. The molecule has 0 aliphatic heterocycles. The van der Waals surface area contributed by atoms with E-state index in [9.17, 15) is 14.7 Å². The summed E-state index contributed by atoms with van der Waals surface area (Å²) in [6.45, 7) is 3.45. The van der Waals surface area contributed by atoms with Crippen molar-refractivity contribution in [1.29, 1.82) is 0 Å². The lowest BCUT2D eigenvalue weighted by molar-refractivity contribution is -0.147. The van der Waals surface area contributed by atoms with E-state index in [0.717, 1.165) is 24.8 Å². The quantitative estimate of drug-likeness (QED) is 0.491. The van der Waals surface area contributed by atoms with Crippen LogP contribution in [0.2, 0.25) is 0 Å². The SMILES string of the molecule is CCCCCC(=O)CC(CCc1ccc(O)c(OC)c1)OC(C)=O. The summed E-state index contributed by atoms with van der Waals surface area (Å²) in [5, 5.41) is 9.61. The molecule has 1 N–H and O–H groups in total. The molecule has 1 rings (SSSR count). The maximum Gasteiger partial charge on any atom is 0.302 e. The summed E-state index contributed by atoms with van der Waals surface area (Å²) in [6, 6.07) is 5.12. The lowest BCUT2D eigenvalue weighted by atomic mass is 10.0. The van der Waals surface area contributed by atoms with Gasteiger partial charge in [-0.2, -0.15) is 0 Å². The maximum atomic E-state index is 12.0. The minimum Gasteiger partial charge on any atom is -0.504 e. The molecule has 5 nitrogen and oxygen atoms in total. The van der Waals surface area contributed by atoms with Gasteiger partial charge in [-0.1, -0.05) is 25.8 Å². The summed E-state index contributed by atoms with van der Waals surface area (Å²) in [5.41, 5.74) is 0.959. The van der Waals surface area contributed by atoms with Crippen LogP contribution in [0.25, 0.3) is 0 Å². The molecule has 1 aromatic rings. The van der Waals surface area contributed by atoms with Crippen LogP contribution in [0.4, 0.5) is 0 Å². The van der Waals surface area contributed by atoms with Gasteiger partial charge in [0, 0.05) is 19.8 Å². The predicted octanol–water partition coefficient (Wildman–Crippen LogP) is 3.80. The Morgan fingerprint density at radius 3 is 2.62 bits per heavy atom. The van der Waals surface area contributed by atoms with Crippen LogP contribution in [0.15, 0.2) is 18.2 Å². The number of benzene rings is 1. The van der Waals surface area contributed by atoms with Crippen molar-refractivity contribution in [2.45, 2.75) is 64.9 Å². The fourth-order valence-corrected chi connectivity index (χ4v) is 2.57. The molecule has 134 valence electrons. The summed E-state index contributed by atoms with van der Waals surface area (Å²) in [7, 11) is 1.50. The van der Waals surface area contributed by atoms with E-state index in [1.165, 1.54) is 14.0 Å². The normalized spacial score (nSPS) is 11.8. The Morgan fingerprint density at radius 1 is 1.25 bits per heavy atom. The maximum absolute atomic E-state index is 12.0. The molecule has 1 unspecified atom stereocenters. The molecule has 0 radical (unpaired) electrons. The molecule has 0 fully saturated rings. The van der Waals surface area contributed by atoms with E-state index in [-0.39, 0.29) is 23.9 Å². The van der Waals surface area contributed by atoms with Crippen molar-refractivity contribution in [3.63, 3.8) is 0 Å². The van der Waals surface area contributed by atoms with Crippen molar-refractivity contribution in [2.75, 3.05) is 7.11 Å². The van der Waals surface area contributed by atoms with Crippen LogP contribution < -0.4 is 4.74 Å². The fourth-order valence-electron chi connectivity index (χ4n) is 2.57. The number of ether oxygens (including phenoxy) is 2. The number of aryl methyl sites for hydroxylation is 1. The molecule has 0 amide bonds. The zero-order valence-corrected chi connectivity index (χ0v) is 14.8. The second-order valence-electron chi connectivity index (χ2n) is 5.98. The van der Waals surface area contributed by atoms with E-state index in [0.29, 0.717) is 25.0 Å². The van der Waals surface area contributed by atoms with Crippen LogP contribution in [0.1, 0.15) is 57.9 Å². The van der Waals surface area contributed by atoms with Gasteiger partial charge >= 0.3 is 5.97 Å². The largest absolute Gasteiger partial charge is 0.504 e. The fraction of sp³-hybridized carbons (Fsp3) is 0.579. The van der Waals surface area contributed by atoms with Gasteiger partial charge in [0.25, 0.3) is 0 Å². The van der Waals surface area contributed by atoms with Gasteiger partial charge in [0.1, 0.15) is 11.9 Å². The van der Waals surface area contributed by atoms with Crippen molar-refractivity contribution in [3.05, 3.63) is 23.8 Å². The van der Waals surface area contributed by atoms with Crippen molar-refractivity contribution in [2.24, 2.45) is 0 Å². The zero-order chi connectivity index (χ0) is 17.9. The topological polar surface area (TPSA) is 72.8 Å². The van der Waals surface area contributed by atoms with Crippen molar-refractivity contribution >= 4 is 11.8 Å². The number of carbonyl (C=O) groups is 2. The number of esters is 1. The molecule has 0 aliphatic carbocycles. The highest BCUT2D eigenvalue weighted by atomic mass is 16.5. The Labute approximate surface area is 144 Å². The summed E-state index contributed by atoms with van der Waals surface area (Å²) in [6.07, 6.45) is 4.59. The van der Waals surface area contributed by atoms with Gasteiger partial charge in [-0.15, -0.1) is 0 Å². The molecule has 0 aliphatic rings. The van der Waals surface area contributed by atoms with Gasteiger partial charge in [-0.25, -0.2) is 0 Å². The highest BCUT2D eigenvalue weighted by Crippen LogP contribution is 2.27. The number of hydrogen-bond acceptors (Lipinski definition) is 5. The standard InChI is InChI=1S/C19H28O5/c1-4-5-6-7-16(21)13-17(24-14(2)20)10-8-15-9-11-18(22)19(12-15)23-3/h9,11-12,17,22H,4-8,10,13H2,1-3H3. The molecule has 1 aromatic carbocycles. The number of hydrogen-bond donors (Lipinski definition) is 1. The smallest absolute Gasteiger partial charge is 0.302 e. The summed E-state index contributed by atoms with van der Waals surface area (Å²) < 4.78 is 10.4. The van der Waals surface area contributed by atoms with E-state index in [1.807, 2.05) is 0 Å². The molecule has 0 saturated heterocycles. The molecule has 0 bridgehead atoms. The van der Waals surface area contributed by atoms with Crippen LogP contribution >= 0.6 is 0 Å². The first kappa shape index (κ1) is 20.0. The first-order chi connectivity index (χ1) is 11.5. The minimum absolute atomic E-state index is 0.0869. The average molecular weight is 336 g/mol. The molecule has 0 heterocycles. The van der Waals surface area contributed by atoms with Gasteiger partial charge in [-0.3, -0.25) is 9.59 Å². The van der Waals surface area contributed by atoms with E-state index in [1.54, 1.807) is 18.2 Å². The molecular weight excluding hydrogens is 308 g/mol. The van der Waals surface area contributed by atoms with E-state index in [4.69, 9.17) is 9.47 Å². The molecule has 1 atom stereocenters. The number of Topliss-reactive ketones (excluding diaryl/α,β-unsaturated/α-hetero) is 1. The number of unbranched alkanes of at least 4 members (excludes halogenated alkanes) is 2.